The molecule has 2 heterocycles. The second kappa shape index (κ2) is 11.0. The van der Waals surface area contributed by atoms with Crippen LogP contribution in [0.5, 0.6) is 0 Å². The van der Waals surface area contributed by atoms with Gasteiger partial charge < -0.3 is 10.1 Å². The van der Waals surface area contributed by atoms with Crippen molar-refractivity contribution in [1.29, 1.82) is 0 Å². The van der Waals surface area contributed by atoms with Gasteiger partial charge >= 0.3 is 5.97 Å². The molecule has 0 aliphatic carbocycles. The Morgan fingerprint density at radius 2 is 1.92 bits per heavy atom. The van der Waals surface area contributed by atoms with E-state index in [0.717, 1.165) is 31.8 Å². The zero-order valence-corrected chi connectivity index (χ0v) is 25.1. The number of carbonyl (C=O) groups is 3. The SMILES string of the molecule is CC(=O)Nc1nc2c(C)cc(SC3C(=O)CC(CCc4ccc(F)cc4)(C(C)C)OC3=O)c(C(C)(C)C)c2s1. The van der Waals surface area contributed by atoms with Crippen LogP contribution < -0.4 is 5.32 Å². The van der Waals surface area contributed by atoms with Crippen molar-refractivity contribution in [2.75, 3.05) is 5.32 Å². The monoisotopic (exact) mass is 570 g/mol. The van der Waals surface area contributed by atoms with Gasteiger partial charge in [-0.25, -0.2) is 9.37 Å². The zero-order valence-electron chi connectivity index (χ0n) is 23.4. The fourth-order valence-corrected chi connectivity index (χ4v) is 7.82. The number of Topliss-reactive ketones (excluding diaryl/α,β-unsaturated/α-hetero) is 1. The maximum Gasteiger partial charge on any atom is 0.327 e. The third-order valence-electron chi connectivity index (χ3n) is 7.19. The van der Waals surface area contributed by atoms with Crippen LogP contribution >= 0.6 is 23.1 Å². The van der Waals surface area contributed by atoms with E-state index in [1.54, 1.807) is 12.1 Å². The number of hydrogen-bond acceptors (Lipinski definition) is 7. The molecule has 1 aliphatic rings. The molecule has 6 nitrogen and oxygen atoms in total. The summed E-state index contributed by atoms with van der Waals surface area (Å²) in [5, 5.41) is 2.32. The number of ether oxygens (including phenoxy) is 1. The van der Waals surface area contributed by atoms with E-state index in [4.69, 9.17) is 4.74 Å². The lowest BCUT2D eigenvalue weighted by atomic mass is 9.78. The van der Waals surface area contributed by atoms with E-state index in [9.17, 15) is 18.8 Å². The Labute approximate surface area is 237 Å². The number of halogens is 1. The number of thiazole rings is 1. The average molecular weight is 571 g/mol. The van der Waals surface area contributed by atoms with Crippen LogP contribution in [0.2, 0.25) is 0 Å². The molecule has 4 rings (SSSR count). The Balaban J connectivity index is 1.64. The fraction of sp³-hybridized carbons (Fsp3) is 0.467. The number of aromatic nitrogens is 1. The first kappa shape index (κ1) is 29.2. The molecular formula is C30H35FN2O4S2. The smallest absolute Gasteiger partial charge is 0.327 e. The summed E-state index contributed by atoms with van der Waals surface area (Å²) in [4.78, 5) is 44.2. The number of thioether (sulfide) groups is 1. The highest BCUT2D eigenvalue weighted by molar-refractivity contribution is 8.01. The Morgan fingerprint density at radius 3 is 2.49 bits per heavy atom. The molecule has 39 heavy (non-hydrogen) atoms. The molecule has 2 atom stereocenters. The summed E-state index contributed by atoms with van der Waals surface area (Å²) >= 11 is 2.64. The summed E-state index contributed by atoms with van der Waals surface area (Å²) < 4.78 is 20.4. The summed E-state index contributed by atoms with van der Waals surface area (Å²) in [5.74, 6) is -1.23. The fourth-order valence-electron chi connectivity index (χ4n) is 5.02. The lowest BCUT2D eigenvalue weighted by Gasteiger charge is -2.41. The maximum atomic E-state index is 13.6. The second-order valence-electron chi connectivity index (χ2n) is 11.6. The van der Waals surface area contributed by atoms with Crippen molar-refractivity contribution >= 4 is 56.1 Å². The van der Waals surface area contributed by atoms with Gasteiger partial charge in [-0.15, -0.1) is 11.8 Å². The molecule has 0 radical (unpaired) electrons. The third kappa shape index (κ3) is 6.19. The van der Waals surface area contributed by atoms with Crippen molar-refractivity contribution in [3.8, 4) is 0 Å². The van der Waals surface area contributed by atoms with Crippen LogP contribution in [0.1, 0.15) is 71.1 Å². The number of amides is 1. The molecule has 0 bridgehead atoms. The van der Waals surface area contributed by atoms with Crippen LogP contribution in [-0.2, 0) is 31.0 Å². The van der Waals surface area contributed by atoms with Crippen molar-refractivity contribution in [3.63, 3.8) is 0 Å². The standard InChI is InChI=1S/C30H35FN2O4S2/c1-16(2)30(13-12-19-8-10-20(31)11-9-19)15-21(35)25(27(36)37-30)38-22-14-17(3)24-26(23(22)29(5,6)7)39-28(33-24)32-18(4)34/h8-11,14,16,25H,12-13,15H2,1-7H3,(H,32,33,34). The Bertz CT molecular complexity index is 1410. The molecule has 1 aromatic heterocycles. The van der Waals surface area contributed by atoms with Crippen LogP contribution in [0.3, 0.4) is 0 Å². The van der Waals surface area contributed by atoms with E-state index in [1.165, 1.54) is 42.2 Å². The lowest BCUT2D eigenvalue weighted by Crippen LogP contribution is -2.52. The molecule has 1 N–H and O–H groups in total. The molecule has 0 saturated carbocycles. The number of nitrogens with zero attached hydrogens (tertiary/aromatic N) is 1. The summed E-state index contributed by atoms with van der Waals surface area (Å²) in [5.41, 5.74) is 2.40. The summed E-state index contributed by atoms with van der Waals surface area (Å²) in [6, 6.07) is 8.24. The molecular weight excluding hydrogens is 535 g/mol. The highest BCUT2D eigenvalue weighted by Crippen LogP contribution is 2.46. The number of rotatable bonds is 7. The summed E-state index contributed by atoms with van der Waals surface area (Å²) in [6.45, 7) is 13.6. The van der Waals surface area contributed by atoms with Gasteiger partial charge in [0.15, 0.2) is 16.2 Å². The minimum atomic E-state index is -0.969. The second-order valence-corrected chi connectivity index (χ2v) is 13.7. The van der Waals surface area contributed by atoms with E-state index in [0.29, 0.717) is 18.0 Å². The zero-order chi connectivity index (χ0) is 28.7. The van der Waals surface area contributed by atoms with Crippen LogP contribution in [0.15, 0.2) is 35.2 Å². The van der Waals surface area contributed by atoms with Gasteiger partial charge in [-0.3, -0.25) is 14.4 Å². The van der Waals surface area contributed by atoms with Crippen LogP contribution in [0.4, 0.5) is 9.52 Å². The molecule has 0 spiro atoms. The predicted molar refractivity (Wildman–Crippen MR) is 155 cm³/mol. The number of anilines is 1. The van der Waals surface area contributed by atoms with Crippen molar-refractivity contribution < 1.29 is 23.5 Å². The van der Waals surface area contributed by atoms with Gasteiger partial charge in [0.1, 0.15) is 11.4 Å². The predicted octanol–water partition coefficient (Wildman–Crippen LogP) is 7.00. The first-order valence-corrected chi connectivity index (χ1v) is 14.8. The highest BCUT2D eigenvalue weighted by Gasteiger charge is 2.49. The van der Waals surface area contributed by atoms with Crippen molar-refractivity contribution in [3.05, 3.63) is 52.8 Å². The average Bonchev–Trinajstić information content (AvgIpc) is 3.23. The summed E-state index contributed by atoms with van der Waals surface area (Å²) in [7, 11) is 0. The molecule has 1 amide bonds. The van der Waals surface area contributed by atoms with Gasteiger partial charge in [0.05, 0.1) is 10.2 Å². The lowest BCUT2D eigenvalue weighted by molar-refractivity contribution is -0.176. The normalized spacial score (nSPS) is 20.0. The number of benzene rings is 2. The number of fused-ring (bicyclic) bond motifs is 1. The number of aryl methyl sites for hydroxylation is 2. The Kier molecular flexibility index (Phi) is 8.24. The van der Waals surface area contributed by atoms with Crippen LogP contribution in [0, 0.1) is 18.7 Å². The van der Waals surface area contributed by atoms with E-state index in [-0.39, 0.29) is 35.3 Å². The number of nitrogens with one attached hydrogen (secondary N) is 1. The van der Waals surface area contributed by atoms with Gasteiger partial charge in [0.2, 0.25) is 5.91 Å². The van der Waals surface area contributed by atoms with E-state index in [1.807, 2.05) is 26.8 Å². The van der Waals surface area contributed by atoms with Gasteiger partial charge in [-0.2, -0.15) is 0 Å². The maximum absolute atomic E-state index is 13.6. The largest absolute Gasteiger partial charge is 0.457 e. The molecule has 1 fully saturated rings. The van der Waals surface area contributed by atoms with E-state index < -0.39 is 16.8 Å². The van der Waals surface area contributed by atoms with Gasteiger partial charge in [0.25, 0.3) is 0 Å². The molecule has 9 heteroatoms. The van der Waals surface area contributed by atoms with Gasteiger partial charge in [0, 0.05) is 18.2 Å². The first-order valence-electron chi connectivity index (χ1n) is 13.1. The van der Waals surface area contributed by atoms with Crippen LogP contribution in [0.25, 0.3) is 10.2 Å². The minimum Gasteiger partial charge on any atom is -0.457 e. The van der Waals surface area contributed by atoms with Gasteiger partial charge in [-0.1, -0.05) is 58.1 Å². The van der Waals surface area contributed by atoms with Crippen molar-refractivity contribution in [2.24, 2.45) is 5.92 Å². The van der Waals surface area contributed by atoms with Crippen molar-refractivity contribution in [2.45, 2.75) is 88.9 Å². The van der Waals surface area contributed by atoms with Crippen molar-refractivity contribution in [1.82, 2.24) is 4.98 Å². The Hall–Kier alpha value is -2.78. The molecule has 1 saturated heterocycles. The Morgan fingerprint density at radius 1 is 1.26 bits per heavy atom. The topological polar surface area (TPSA) is 85.4 Å². The van der Waals surface area contributed by atoms with Gasteiger partial charge in [-0.05, 0) is 66.0 Å². The first-order chi connectivity index (χ1) is 18.2. The molecule has 208 valence electrons. The number of carbonyl (C=O) groups excluding carboxylic acids is 3. The van der Waals surface area contributed by atoms with E-state index >= 15 is 0 Å². The molecule has 2 aromatic carbocycles. The quantitative estimate of drug-likeness (QED) is 0.243. The molecule has 2 unspecified atom stereocenters. The third-order valence-corrected chi connectivity index (χ3v) is 9.44. The van der Waals surface area contributed by atoms with Crippen LogP contribution in [-0.4, -0.2) is 33.5 Å². The number of esters is 1. The molecule has 1 aliphatic heterocycles. The van der Waals surface area contributed by atoms with E-state index in [2.05, 4.69) is 31.1 Å². The summed E-state index contributed by atoms with van der Waals surface area (Å²) in [6.07, 6.45) is 1.19. The molecule has 3 aromatic rings. The highest BCUT2D eigenvalue weighted by atomic mass is 32.2. The number of hydrogen-bond donors (Lipinski definition) is 1. The minimum absolute atomic E-state index is 0.0649. The number of cyclic esters (lactones) is 1. The number of ketones is 1.